The second-order valence-corrected chi connectivity index (χ2v) is 5.37. The van der Waals surface area contributed by atoms with Crippen LogP contribution in [0, 0.1) is 5.92 Å². The monoisotopic (exact) mass is 358 g/mol. The van der Waals surface area contributed by atoms with Crippen molar-refractivity contribution in [3.05, 3.63) is 36.3 Å². The number of halogens is 2. The van der Waals surface area contributed by atoms with E-state index in [0.29, 0.717) is 17.4 Å². The van der Waals surface area contributed by atoms with Crippen LogP contribution in [0.3, 0.4) is 0 Å². The lowest BCUT2D eigenvalue weighted by Crippen LogP contribution is -2.48. The molecule has 6 nitrogen and oxygen atoms in total. The van der Waals surface area contributed by atoms with Crippen LogP contribution in [-0.2, 0) is 0 Å². The summed E-state index contributed by atoms with van der Waals surface area (Å²) >= 11 is 0. The molecule has 1 amide bonds. The number of carbonyl (C=O) groups excluding carboxylic acids is 1. The van der Waals surface area contributed by atoms with Crippen molar-refractivity contribution in [1.82, 2.24) is 20.8 Å². The van der Waals surface area contributed by atoms with Gasteiger partial charge in [-0.15, -0.1) is 24.8 Å². The van der Waals surface area contributed by atoms with Crippen LogP contribution in [0.15, 0.2) is 35.1 Å². The van der Waals surface area contributed by atoms with Gasteiger partial charge in [0.2, 0.25) is 0 Å². The van der Waals surface area contributed by atoms with E-state index in [9.17, 15) is 4.79 Å². The van der Waals surface area contributed by atoms with Gasteiger partial charge in [-0.1, -0.05) is 12.1 Å². The van der Waals surface area contributed by atoms with Crippen molar-refractivity contribution in [2.45, 2.75) is 19.4 Å². The van der Waals surface area contributed by atoms with Crippen LogP contribution in [0.5, 0.6) is 0 Å². The molecule has 1 saturated heterocycles. The summed E-state index contributed by atoms with van der Waals surface area (Å²) in [6.45, 7) is 3.97. The molecule has 2 N–H and O–H groups in total. The van der Waals surface area contributed by atoms with Crippen molar-refractivity contribution in [2.24, 2.45) is 5.92 Å². The Bertz CT molecular complexity index is 621. The van der Waals surface area contributed by atoms with Crippen LogP contribution in [-0.4, -0.2) is 35.2 Å². The van der Waals surface area contributed by atoms with Crippen LogP contribution < -0.4 is 10.6 Å². The second kappa shape index (κ2) is 8.86. The lowest BCUT2D eigenvalue weighted by molar-refractivity contribution is 0.0905. The molecule has 0 aliphatic carbocycles. The molecule has 2 unspecified atom stereocenters. The summed E-state index contributed by atoms with van der Waals surface area (Å²) in [5, 5.41) is 10.2. The molecule has 0 radical (unpaired) electrons. The van der Waals surface area contributed by atoms with Gasteiger partial charge in [-0.05, 0) is 37.6 Å². The number of carbonyl (C=O) groups is 1. The third-order valence-electron chi connectivity index (χ3n) is 3.79. The number of nitrogens with zero attached hydrogens (tertiary/aromatic N) is 2. The van der Waals surface area contributed by atoms with Crippen molar-refractivity contribution in [3.63, 3.8) is 0 Å². The number of hydrogen-bond acceptors (Lipinski definition) is 5. The van der Waals surface area contributed by atoms with E-state index in [0.717, 1.165) is 25.1 Å². The molecule has 2 aromatic heterocycles. The highest BCUT2D eigenvalue weighted by Crippen LogP contribution is 2.19. The maximum atomic E-state index is 12.2. The lowest BCUT2D eigenvalue weighted by atomic mass is 9.95. The summed E-state index contributed by atoms with van der Waals surface area (Å²) in [6, 6.07) is 5.51. The average molecular weight is 359 g/mol. The maximum absolute atomic E-state index is 12.2. The van der Waals surface area contributed by atoms with Crippen molar-refractivity contribution in [1.29, 1.82) is 0 Å². The van der Waals surface area contributed by atoms with Crippen molar-refractivity contribution in [3.8, 4) is 11.3 Å². The van der Waals surface area contributed by atoms with Crippen molar-refractivity contribution in [2.75, 3.05) is 13.1 Å². The van der Waals surface area contributed by atoms with Gasteiger partial charge in [-0.2, -0.15) is 0 Å². The third kappa shape index (κ3) is 4.67. The first-order chi connectivity index (χ1) is 10.2. The SMILES string of the molecule is CC1CNCCC1NC(=O)c1cc(-c2cccnc2)on1.Cl.Cl. The lowest BCUT2D eigenvalue weighted by Gasteiger charge is -2.29. The highest BCUT2D eigenvalue weighted by atomic mass is 35.5. The number of hydrogen-bond donors (Lipinski definition) is 2. The smallest absolute Gasteiger partial charge is 0.273 e. The molecule has 0 bridgehead atoms. The molecular weight excluding hydrogens is 339 g/mol. The predicted molar refractivity (Wildman–Crippen MR) is 92.1 cm³/mol. The van der Waals surface area contributed by atoms with Crippen LogP contribution >= 0.6 is 24.8 Å². The summed E-state index contributed by atoms with van der Waals surface area (Å²) in [5.74, 6) is 0.770. The van der Waals surface area contributed by atoms with Gasteiger partial charge >= 0.3 is 0 Å². The first-order valence-corrected chi connectivity index (χ1v) is 7.13. The summed E-state index contributed by atoms with van der Waals surface area (Å²) < 4.78 is 5.22. The van der Waals surface area contributed by atoms with Crippen molar-refractivity contribution >= 4 is 30.7 Å². The maximum Gasteiger partial charge on any atom is 0.273 e. The van der Waals surface area contributed by atoms with Gasteiger partial charge in [-0.3, -0.25) is 9.78 Å². The van der Waals surface area contributed by atoms with Crippen LogP contribution in [0.2, 0.25) is 0 Å². The second-order valence-electron chi connectivity index (χ2n) is 5.37. The Labute approximate surface area is 147 Å². The molecule has 1 fully saturated rings. The van der Waals surface area contributed by atoms with Crippen LogP contribution in [0.1, 0.15) is 23.8 Å². The van der Waals surface area contributed by atoms with Crippen LogP contribution in [0.25, 0.3) is 11.3 Å². The standard InChI is InChI=1S/C15H18N4O2.2ClH/c1-10-8-17-6-4-12(10)18-15(20)13-7-14(21-19-13)11-3-2-5-16-9-11;;/h2-3,5,7,9-10,12,17H,4,6,8H2,1H3,(H,18,20);2*1H. The van der Waals surface area contributed by atoms with E-state index in [1.165, 1.54) is 0 Å². The zero-order chi connectivity index (χ0) is 14.7. The Morgan fingerprint density at radius 3 is 2.96 bits per heavy atom. The fraction of sp³-hybridized carbons (Fsp3) is 0.400. The van der Waals surface area contributed by atoms with E-state index < -0.39 is 0 Å². The molecule has 3 rings (SSSR count). The van der Waals surface area contributed by atoms with Gasteiger partial charge in [0.15, 0.2) is 11.5 Å². The van der Waals surface area contributed by atoms with Gasteiger partial charge in [-0.25, -0.2) is 0 Å². The Morgan fingerprint density at radius 2 is 2.26 bits per heavy atom. The van der Waals surface area contributed by atoms with E-state index in [1.807, 2.05) is 12.1 Å². The Balaban J connectivity index is 0.00000132. The quantitative estimate of drug-likeness (QED) is 0.879. The molecule has 8 heteroatoms. The zero-order valence-corrected chi connectivity index (χ0v) is 14.3. The normalized spacial score (nSPS) is 20.0. The summed E-state index contributed by atoms with van der Waals surface area (Å²) in [5.41, 5.74) is 1.11. The topological polar surface area (TPSA) is 80.0 Å². The summed E-state index contributed by atoms with van der Waals surface area (Å²) in [6.07, 6.45) is 4.29. The number of amides is 1. The molecular formula is C15H20Cl2N4O2. The molecule has 2 atom stereocenters. The van der Waals surface area contributed by atoms with E-state index in [1.54, 1.807) is 18.5 Å². The Kier molecular flexibility index (Phi) is 7.48. The third-order valence-corrected chi connectivity index (χ3v) is 3.79. The molecule has 1 aliphatic heterocycles. The van der Waals surface area contributed by atoms with Crippen molar-refractivity contribution < 1.29 is 9.32 Å². The minimum atomic E-state index is -0.187. The highest BCUT2D eigenvalue weighted by Gasteiger charge is 2.24. The molecule has 126 valence electrons. The molecule has 0 aromatic carbocycles. The number of piperidine rings is 1. The molecule has 0 saturated carbocycles. The predicted octanol–water partition coefficient (Wildman–Crippen LogP) is 2.31. The van der Waals surface area contributed by atoms with E-state index in [4.69, 9.17) is 4.52 Å². The molecule has 0 spiro atoms. The summed E-state index contributed by atoms with van der Waals surface area (Å²) in [4.78, 5) is 16.3. The minimum absolute atomic E-state index is 0. The van der Waals surface area contributed by atoms with E-state index in [-0.39, 0.29) is 36.8 Å². The van der Waals surface area contributed by atoms with Crippen LogP contribution in [0.4, 0.5) is 0 Å². The van der Waals surface area contributed by atoms with E-state index >= 15 is 0 Å². The number of aromatic nitrogens is 2. The number of nitrogens with one attached hydrogen (secondary N) is 2. The van der Waals surface area contributed by atoms with Gasteiger partial charge in [0.05, 0.1) is 0 Å². The minimum Gasteiger partial charge on any atom is -0.355 e. The Morgan fingerprint density at radius 1 is 1.43 bits per heavy atom. The van der Waals surface area contributed by atoms with E-state index in [2.05, 4.69) is 27.7 Å². The first-order valence-electron chi connectivity index (χ1n) is 7.13. The average Bonchev–Trinajstić information content (AvgIpc) is 3.00. The molecule has 1 aliphatic rings. The fourth-order valence-electron chi connectivity index (χ4n) is 2.50. The summed E-state index contributed by atoms with van der Waals surface area (Å²) in [7, 11) is 0. The zero-order valence-electron chi connectivity index (χ0n) is 12.7. The number of pyridine rings is 1. The number of rotatable bonds is 3. The molecule has 2 aromatic rings. The van der Waals surface area contributed by atoms with Gasteiger partial charge in [0.25, 0.3) is 5.91 Å². The van der Waals surface area contributed by atoms with Gasteiger partial charge in [0, 0.05) is 30.1 Å². The Hall–Kier alpha value is -1.63. The highest BCUT2D eigenvalue weighted by molar-refractivity contribution is 5.93. The van der Waals surface area contributed by atoms with Gasteiger partial charge < -0.3 is 15.2 Å². The molecule has 3 heterocycles. The largest absolute Gasteiger partial charge is 0.355 e. The molecule has 23 heavy (non-hydrogen) atoms. The fourth-order valence-corrected chi connectivity index (χ4v) is 2.50. The van der Waals surface area contributed by atoms with Gasteiger partial charge in [0.1, 0.15) is 0 Å². The first kappa shape index (κ1) is 19.4.